The number of halogens is 2. The fourth-order valence-electron chi connectivity index (χ4n) is 2.56. The van der Waals surface area contributed by atoms with Crippen molar-refractivity contribution in [3.63, 3.8) is 0 Å². The summed E-state index contributed by atoms with van der Waals surface area (Å²) >= 11 is 0. The Balaban J connectivity index is 1.97. The first-order valence-electron chi connectivity index (χ1n) is 9.68. The van der Waals surface area contributed by atoms with Gasteiger partial charge in [-0.15, -0.1) is 0 Å². The molecule has 3 N–H and O–H groups in total. The molecule has 1 atom stereocenters. The molecule has 3 aromatic rings. The Kier molecular flexibility index (Phi) is 6.90. The maximum atomic E-state index is 15.2. The van der Waals surface area contributed by atoms with Crippen LogP contribution in [0.5, 0.6) is 5.88 Å². The van der Waals surface area contributed by atoms with E-state index in [4.69, 9.17) is 4.74 Å². The summed E-state index contributed by atoms with van der Waals surface area (Å²) < 4.78 is 58.5. The van der Waals surface area contributed by atoms with Gasteiger partial charge in [0.2, 0.25) is 27.7 Å². The molecule has 3 heterocycles. The van der Waals surface area contributed by atoms with E-state index in [-0.39, 0.29) is 29.5 Å². The van der Waals surface area contributed by atoms with Crippen LogP contribution in [0.3, 0.4) is 0 Å². The van der Waals surface area contributed by atoms with E-state index in [1.807, 2.05) is 13.8 Å². The molecule has 0 radical (unpaired) electrons. The monoisotopic (exact) mass is 483 g/mol. The highest BCUT2D eigenvalue weighted by molar-refractivity contribution is 7.92. The third kappa shape index (κ3) is 6.00. The van der Waals surface area contributed by atoms with Gasteiger partial charge in [-0.2, -0.15) is 19.5 Å². The van der Waals surface area contributed by atoms with Gasteiger partial charge in [-0.05, 0) is 20.8 Å². The molecule has 3 rings (SSSR count). The Labute approximate surface area is 188 Å². The summed E-state index contributed by atoms with van der Waals surface area (Å²) in [5.74, 6) is -1.85. The second kappa shape index (κ2) is 9.48. The van der Waals surface area contributed by atoms with Gasteiger partial charge in [0.25, 0.3) is 0 Å². The highest BCUT2D eigenvalue weighted by Gasteiger charge is 2.24. The Hall–Kier alpha value is -3.62. The molecule has 0 aliphatic carbocycles. The Morgan fingerprint density at radius 2 is 1.82 bits per heavy atom. The second-order valence-corrected chi connectivity index (χ2v) is 9.31. The normalized spacial score (nSPS) is 12.5. The van der Waals surface area contributed by atoms with Gasteiger partial charge in [-0.3, -0.25) is 4.31 Å². The van der Waals surface area contributed by atoms with Gasteiger partial charge in [-0.25, -0.2) is 27.9 Å². The van der Waals surface area contributed by atoms with Crippen LogP contribution >= 0.6 is 0 Å². The van der Waals surface area contributed by atoms with Crippen LogP contribution in [0.25, 0.3) is 0 Å². The number of aromatic amines is 1. The van der Waals surface area contributed by atoms with Crippen molar-refractivity contribution in [1.29, 1.82) is 0 Å². The van der Waals surface area contributed by atoms with Crippen LogP contribution in [0.1, 0.15) is 32.6 Å². The first-order chi connectivity index (χ1) is 15.4. The molecule has 0 aliphatic rings. The van der Waals surface area contributed by atoms with Gasteiger partial charge in [-0.1, -0.05) is 0 Å². The molecule has 0 saturated heterocycles. The van der Waals surface area contributed by atoms with E-state index in [9.17, 15) is 12.8 Å². The Morgan fingerprint density at radius 1 is 1.15 bits per heavy atom. The highest BCUT2D eigenvalue weighted by Crippen LogP contribution is 2.28. The fraction of sp³-hybridized carbons (Fsp3) is 0.389. The van der Waals surface area contributed by atoms with E-state index in [0.717, 1.165) is 25.7 Å². The Morgan fingerprint density at radius 3 is 2.42 bits per heavy atom. The lowest BCUT2D eigenvalue weighted by molar-refractivity contribution is 0.232. The first-order valence-corrected chi connectivity index (χ1v) is 11.5. The number of anilines is 4. The molecular weight excluding hydrogens is 460 g/mol. The number of H-pyrrole nitrogens is 1. The summed E-state index contributed by atoms with van der Waals surface area (Å²) in [5.41, 5.74) is 0. The SMILES string of the molecule is CC(C)Oc1cc(Nc2nc(N[C@@H](C)c3ncc(F)cn3)nc(N(C)S(C)(=O)=O)c2F)n[nH]1. The van der Waals surface area contributed by atoms with E-state index >= 15 is 4.39 Å². The largest absolute Gasteiger partial charge is 0.475 e. The van der Waals surface area contributed by atoms with Crippen molar-refractivity contribution in [3.8, 4) is 5.88 Å². The minimum Gasteiger partial charge on any atom is -0.475 e. The van der Waals surface area contributed by atoms with Crippen LogP contribution in [0.2, 0.25) is 0 Å². The van der Waals surface area contributed by atoms with Gasteiger partial charge >= 0.3 is 0 Å². The molecule has 0 saturated carbocycles. The highest BCUT2D eigenvalue weighted by atomic mass is 32.2. The quantitative estimate of drug-likeness (QED) is 0.414. The number of nitrogens with one attached hydrogen (secondary N) is 3. The summed E-state index contributed by atoms with van der Waals surface area (Å²) in [6.45, 7) is 5.31. The van der Waals surface area contributed by atoms with Crippen LogP contribution in [0, 0.1) is 11.6 Å². The van der Waals surface area contributed by atoms with Crippen LogP contribution in [0.4, 0.5) is 32.2 Å². The van der Waals surface area contributed by atoms with Crippen LogP contribution in [-0.2, 0) is 10.0 Å². The molecule has 0 spiro atoms. The van der Waals surface area contributed by atoms with Gasteiger partial charge in [0.05, 0.1) is 30.8 Å². The minimum atomic E-state index is -3.84. The van der Waals surface area contributed by atoms with Gasteiger partial charge < -0.3 is 15.4 Å². The van der Waals surface area contributed by atoms with Crippen LogP contribution in [-0.4, -0.2) is 58.0 Å². The zero-order valence-electron chi connectivity index (χ0n) is 18.5. The third-order valence-corrected chi connectivity index (χ3v) is 5.33. The summed E-state index contributed by atoms with van der Waals surface area (Å²) in [6.07, 6.45) is 2.79. The lowest BCUT2D eigenvalue weighted by Crippen LogP contribution is -2.28. The maximum Gasteiger partial charge on any atom is 0.233 e. The third-order valence-electron chi connectivity index (χ3n) is 4.17. The number of rotatable bonds is 9. The average molecular weight is 484 g/mol. The molecule has 0 amide bonds. The van der Waals surface area contributed by atoms with Crippen molar-refractivity contribution in [2.24, 2.45) is 0 Å². The predicted molar refractivity (Wildman–Crippen MR) is 117 cm³/mol. The van der Waals surface area contributed by atoms with Crippen molar-refractivity contribution in [3.05, 3.63) is 35.9 Å². The summed E-state index contributed by atoms with van der Waals surface area (Å²) in [5, 5.41) is 12.2. The topological polar surface area (TPSA) is 151 Å². The molecule has 0 aromatic carbocycles. The van der Waals surface area contributed by atoms with Crippen molar-refractivity contribution in [1.82, 2.24) is 30.1 Å². The second-order valence-electron chi connectivity index (χ2n) is 7.30. The van der Waals surface area contributed by atoms with E-state index in [0.29, 0.717) is 10.2 Å². The maximum absolute atomic E-state index is 15.2. The minimum absolute atomic E-state index is 0.116. The fourth-order valence-corrected chi connectivity index (χ4v) is 2.99. The smallest absolute Gasteiger partial charge is 0.233 e. The number of nitrogens with zero attached hydrogens (tertiary/aromatic N) is 6. The van der Waals surface area contributed by atoms with Crippen LogP contribution in [0.15, 0.2) is 18.5 Å². The average Bonchev–Trinajstić information content (AvgIpc) is 3.15. The first kappa shape index (κ1) is 24.0. The number of sulfonamides is 1. The summed E-state index contributed by atoms with van der Waals surface area (Å²) in [6, 6.07) is 0.876. The molecule has 0 aliphatic heterocycles. The van der Waals surface area contributed by atoms with E-state index in [1.54, 1.807) is 6.92 Å². The Bertz CT molecular complexity index is 1220. The molecule has 0 fully saturated rings. The van der Waals surface area contributed by atoms with Crippen molar-refractivity contribution in [2.75, 3.05) is 28.2 Å². The molecule has 0 bridgehead atoms. The van der Waals surface area contributed by atoms with E-state index in [1.165, 1.54) is 6.07 Å². The van der Waals surface area contributed by atoms with Crippen LogP contribution < -0.4 is 19.7 Å². The van der Waals surface area contributed by atoms with Gasteiger partial charge in [0.1, 0.15) is 5.82 Å². The van der Waals surface area contributed by atoms with Gasteiger partial charge in [0, 0.05) is 13.1 Å². The lowest BCUT2D eigenvalue weighted by atomic mass is 10.3. The van der Waals surface area contributed by atoms with Gasteiger partial charge in [0.15, 0.2) is 23.3 Å². The number of hydrogen-bond acceptors (Lipinski definition) is 10. The molecule has 3 aromatic heterocycles. The predicted octanol–water partition coefficient (Wildman–Crippen LogP) is 2.37. The van der Waals surface area contributed by atoms with E-state index < -0.39 is 33.5 Å². The lowest BCUT2D eigenvalue weighted by Gasteiger charge is -2.20. The van der Waals surface area contributed by atoms with Crippen molar-refractivity contribution < 1.29 is 21.9 Å². The molecule has 33 heavy (non-hydrogen) atoms. The number of ether oxygens (including phenoxy) is 1. The molecule has 15 heteroatoms. The van der Waals surface area contributed by atoms with E-state index in [2.05, 4.69) is 40.8 Å². The molecule has 178 valence electrons. The standard InChI is InChI=1S/C18H23F2N9O3S/c1-9(2)32-13-6-12(27-28-13)24-16-14(20)17(29(4)33(5,30)31)26-18(25-16)23-10(3)15-21-7-11(19)8-22-15/h6-10H,1-5H3,(H3,23,24,25,26,27,28)/t10-/m0/s1. The number of aromatic nitrogens is 6. The summed E-state index contributed by atoms with van der Waals surface area (Å²) in [4.78, 5) is 15.8. The van der Waals surface area contributed by atoms with Crippen molar-refractivity contribution >= 4 is 33.4 Å². The van der Waals surface area contributed by atoms with Crippen molar-refractivity contribution in [2.45, 2.75) is 32.9 Å². The molecular formula is C18H23F2N9O3S. The molecule has 0 unspecified atom stereocenters. The summed E-state index contributed by atoms with van der Waals surface area (Å²) in [7, 11) is -2.68. The number of hydrogen-bond donors (Lipinski definition) is 3. The molecule has 12 nitrogen and oxygen atoms in total. The zero-order chi connectivity index (χ0) is 24.3. The zero-order valence-corrected chi connectivity index (χ0v) is 19.3.